The van der Waals surface area contributed by atoms with Gasteiger partial charge in [0.1, 0.15) is 0 Å². The Morgan fingerprint density at radius 3 is 2.00 bits per heavy atom. The molecule has 3 heteroatoms. The molecule has 2 aliphatic rings. The Hall–Kier alpha value is -2.26. The van der Waals surface area contributed by atoms with Crippen LogP contribution in [0.2, 0.25) is 0 Å². The first-order valence-electron chi connectivity index (χ1n) is 7.18. The molecular weight excluding hydrogens is 262 g/mol. The summed E-state index contributed by atoms with van der Waals surface area (Å²) < 4.78 is 0. The van der Waals surface area contributed by atoms with Crippen LogP contribution in [0.15, 0.2) is 42.5 Å². The Morgan fingerprint density at radius 1 is 0.857 bits per heavy atom. The summed E-state index contributed by atoms with van der Waals surface area (Å²) >= 11 is 0. The second kappa shape index (κ2) is 4.12. The zero-order chi connectivity index (χ0) is 14.6. The van der Waals surface area contributed by atoms with Crippen molar-refractivity contribution >= 4 is 11.6 Å². The zero-order valence-corrected chi connectivity index (χ0v) is 11.8. The number of nitrogens with one attached hydrogen (secondary N) is 1. The third kappa shape index (κ3) is 1.64. The number of hydrogen-bond acceptors (Lipinski definition) is 3. The van der Waals surface area contributed by atoms with E-state index in [0.717, 1.165) is 18.4 Å². The fourth-order valence-electron chi connectivity index (χ4n) is 3.21. The highest BCUT2D eigenvalue weighted by molar-refractivity contribution is 6.28. The summed E-state index contributed by atoms with van der Waals surface area (Å²) in [6.45, 7) is 0. The molecule has 0 aromatic heterocycles. The minimum Gasteiger partial charge on any atom is -0.310 e. The van der Waals surface area contributed by atoms with Crippen molar-refractivity contribution in [2.75, 3.05) is 7.05 Å². The third-order valence-electron chi connectivity index (χ3n) is 4.71. The highest BCUT2D eigenvalue weighted by atomic mass is 16.1. The van der Waals surface area contributed by atoms with Crippen LogP contribution in [0, 0.1) is 0 Å². The molecule has 21 heavy (non-hydrogen) atoms. The maximum absolute atomic E-state index is 12.7. The maximum atomic E-state index is 12.7. The summed E-state index contributed by atoms with van der Waals surface area (Å²) in [5, 5.41) is 3.32. The van der Waals surface area contributed by atoms with Gasteiger partial charge in [0, 0.05) is 27.8 Å². The van der Waals surface area contributed by atoms with E-state index in [9.17, 15) is 9.59 Å². The van der Waals surface area contributed by atoms with Crippen LogP contribution in [0.25, 0.3) is 0 Å². The Bertz CT molecular complexity index is 788. The standard InChI is InChI=1S/C18H15NO2/c1-19-18(8-9-18)11-6-7-14-15(10-11)17(21)13-5-3-2-4-12(13)16(14)20/h2-7,10,19H,8-9H2,1H3. The normalized spacial score (nSPS) is 18.1. The van der Waals surface area contributed by atoms with Crippen molar-refractivity contribution in [2.24, 2.45) is 0 Å². The van der Waals surface area contributed by atoms with Crippen molar-refractivity contribution in [3.05, 3.63) is 70.3 Å². The van der Waals surface area contributed by atoms with Crippen LogP contribution >= 0.6 is 0 Å². The molecule has 1 N–H and O–H groups in total. The van der Waals surface area contributed by atoms with Gasteiger partial charge >= 0.3 is 0 Å². The molecule has 2 aromatic rings. The van der Waals surface area contributed by atoms with Gasteiger partial charge in [-0.1, -0.05) is 30.3 Å². The summed E-state index contributed by atoms with van der Waals surface area (Å²) in [4.78, 5) is 25.2. The van der Waals surface area contributed by atoms with E-state index < -0.39 is 0 Å². The smallest absolute Gasteiger partial charge is 0.194 e. The lowest BCUT2D eigenvalue weighted by Crippen LogP contribution is -2.26. The summed E-state index contributed by atoms with van der Waals surface area (Å²) in [5.41, 5.74) is 3.19. The summed E-state index contributed by atoms with van der Waals surface area (Å²) in [5.74, 6) is -0.102. The van der Waals surface area contributed by atoms with Gasteiger partial charge in [0.2, 0.25) is 0 Å². The molecule has 0 heterocycles. The molecule has 0 saturated heterocycles. The zero-order valence-electron chi connectivity index (χ0n) is 11.8. The summed E-state index contributed by atoms with van der Waals surface area (Å²) in [6, 6.07) is 12.7. The number of ketones is 2. The molecule has 4 rings (SSSR count). The van der Waals surface area contributed by atoms with Crippen molar-refractivity contribution < 1.29 is 9.59 Å². The highest BCUT2D eigenvalue weighted by Crippen LogP contribution is 2.46. The Kier molecular flexibility index (Phi) is 2.45. The molecule has 104 valence electrons. The first-order chi connectivity index (χ1) is 10.2. The number of hydrogen-bond donors (Lipinski definition) is 1. The number of carbonyl (C=O) groups excluding carboxylic acids is 2. The summed E-state index contributed by atoms with van der Waals surface area (Å²) in [7, 11) is 1.94. The molecule has 0 spiro atoms. The Balaban J connectivity index is 1.89. The fourth-order valence-corrected chi connectivity index (χ4v) is 3.21. The van der Waals surface area contributed by atoms with Crippen LogP contribution in [-0.2, 0) is 5.54 Å². The van der Waals surface area contributed by atoms with Gasteiger partial charge in [0.25, 0.3) is 0 Å². The lowest BCUT2D eigenvalue weighted by molar-refractivity contribution is 0.0979. The van der Waals surface area contributed by atoms with E-state index in [2.05, 4.69) is 5.32 Å². The van der Waals surface area contributed by atoms with Gasteiger partial charge in [-0.05, 0) is 37.6 Å². The monoisotopic (exact) mass is 277 g/mol. The van der Waals surface area contributed by atoms with E-state index in [-0.39, 0.29) is 17.1 Å². The second-order valence-corrected chi connectivity index (χ2v) is 5.80. The van der Waals surface area contributed by atoms with Crippen LogP contribution in [-0.4, -0.2) is 18.6 Å². The van der Waals surface area contributed by atoms with Crippen LogP contribution in [0.5, 0.6) is 0 Å². The fraction of sp³-hybridized carbons (Fsp3) is 0.222. The molecule has 0 aliphatic heterocycles. The molecule has 0 atom stereocenters. The van der Waals surface area contributed by atoms with Gasteiger partial charge in [-0.2, -0.15) is 0 Å². The molecular formula is C18H15NO2. The molecule has 2 aromatic carbocycles. The molecule has 0 bridgehead atoms. The van der Waals surface area contributed by atoms with E-state index in [1.807, 2.05) is 19.2 Å². The SMILES string of the molecule is CNC1(c2ccc3c(c2)C(=O)c2ccccc2C3=O)CC1. The van der Waals surface area contributed by atoms with Gasteiger partial charge < -0.3 is 5.32 Å². The quantitative estimate of drug-likeness (QED) is 0.783. The lowest BCUT2D eigenvalue weighted by Gasteiger charge is -2.21. The van der Waals surface area contributed by atoms with E-state index in [1.165, 1.54) is 0 Å². The van der Waals surface area contributed by atoms with Crippen molar-refractivity contribution in [1.82, 2.24) is 5.32 Å². The van der Waals surface area contributed by atoms with Crippen LogP contribution in [0.3, 0.4) is 0 Å². The van der Waals surface area contributed by atoms with Gasteiger partial charge in [0.15, 0.2) is 11.6 Å². The van der Waals surface area contributed by atoms with Gasteiger partial charge in [-0.25, -0.2) is 0 Å². The number of fused-ring (bicyclic) bond motifs is 2. The molecule has 0 amide bonds. The number of carbonyl (C=O) groups is 2. The topological polar surface area (TPSA) is 46.2 Å². The minimum absolute atomic E-state index is 0.00464. The number of rotatable bonds is 2. The molecule has 0 radical (unpaired) electrons. The number of benzene rings is 2. The van der Waals surface area contributed by atoms with Crippen LogP contribution in [0.1, 0.15) is 50.2 Å². The van der Waals surface area contributed by atoms with Crippen molar-refractivity contribution in [1.29, 1.82) is 0 Å². The first kappa shape index (κ1) is 12.5. The highest BCUT2D eigenvalue weighted by Gasteiger charge is 2.43. The molecule has 0 unspecified atom stereocenters. The maximum Gasteiger partial charge on any atom is 0.194 e. The van der Waals surface area contributed by atoms with E-state index in [0.29, 0.717) is 22.3 Å². The summed E-state index contributed by atoms with van der Waals surface area (Å²) in [6.07, 6.45) is 2.14. The molecule has 3 nitrogen and oxygen atoms in total. The van der Waals surface area contributed by atoms with Crippen LogP contribution < -0.4 is 5.32 Å². The second-order valence-electron chi connectivity index (χ2n) is 5.80. The Morgan fingerprint density at radius 2 is 1.43 bits per heavy atom. The molecule has 1 fully saturated rings. The largest absolute Gasteiger partial charge is 0.310 e. The van der Waals surface area contributed by atoms with E-state index in [1.54, 1.807) is 30.3 Å². The van der Waals surface area contributed by atoms with Gasteiger partial charge in [0.05, 0.1) is 0 Å². The molecule has 2 aliphatic carbocycles. The average molecular weight is 277 g/mol. The van der Waals surface area contributed by atoms with Gasteiger partial charge in [-0.15, -0.1) is 0 Å². The Labute approximate surface area is 123 Å². The van der Waals surface area contributed by atoms with E-state index in [4.69, 9.17) is 0 Å². The van der Waals surface area contributed by atoms with Crippen molar-refractivity contribution in [3.8, 4) is 0 Å². The lowest BCUT2D eigenvalue weighted by atomic mass is 9.82. The van der Waals surface area contributed by atoms with Crippen LogP contribution in [0.4, 0.5) is 0 Å². The van der Waals surface area contributed by atoms with Crippen molar-refractivity contribution in [2.45, 2.75) is 18.4 Å². The minimum atomic E-state index is -0.0546. The predicted molar refractivity (Wildman–Crippen MR) is 79.7 cm³/mol. The predicted octanol–water partition coefficient (Wildman–Crippen LogP) is 2.67. The van der Waals surface area contributed by atoms with E-state index >= 15 is 0 Å². The average Bonchev–Trinajstić information content (AvgIpc) is 3.33. The first-order valence-corrected chi connectivity index (χ1v) is 7.18. The molecule has 1 saturated carbocycles. The van der Waals surface area contributed by atoms with Gasteiger partial charge in [-0.3, -0.25) is 9.59 Å². The third-order valence-corrected chi connectivity index (χ3v) is 4.71. The van der Waals surface area contributed by atoms with Crippen molar-refractivity contribution in [3.63, 3.8) is 0 Å².